The lowest BCUT2D eigenvalue weighted by molar-refractivity contribution is -0.151. The first-order valence-electron chi connectivity index (χ1n) is 7.18. The third kappa shape index (κ3) is 4.45. The number of hydrogen-bond donors (Lipinski definition) is 1. The molecule has 0 bridgehead atoms. The van der Waals surface area contributed by atoms with Crippen LogP contribution in [-0.2, 0) is 9.53 Å². The summed E-state index contributed by atoms with van der Waals surface area (Å²) in [7, 11) is 0. The van der Waals surface area contributed by atoms with Gasteiger partial charge < -0.3 is 4.74 Å². The minimum absolute atomic E-state index is 0.127. The molecule has 0 aliphatic heterocycles. The second-order valence-electron chi connectivity index (χ2n) is 5.36. The molecule has 0 aromatic heterocycles. The maximum absolute atomic E-state index is 12.1. The highest BCUT2D eigenvalue weighted by molar-refractivity contribution is 5.80. The van der Waals surface area contributed by atoms with Gasteiger partial charge >= 0.3 is 5.97 Å². The van der Waals surface area contributed by atoms with Gasteiger partial charge in [0.05, 0.1) is 6.61 Å². The molecule has 0 saturated heterocycles. The molecule has 1 aliphatic carbocycles. The van der Waals surface area contributed by atoms with Crippen molar-refractivity contribution in [2.24, 2.45) is 0 Å². The number of hydrogen-bond acceptors (Lipinski definition) is 3. The molecule has 18 heavy (non-hydrogen) atoms. The van der Waals surface area contributed by atoms with Crippen LogP contribution < -0.4 is 5.32 Å². The summed E-state index contributed by atoms with van der Waals surface area (Å²) in [6.07, 6.45) is 9.63. The highest BCUT2D eigenvalue weighted by Gasteiger charge is 2.36. The lowest BCUT2D eigenvalue weighted by atomic mass is 9.89. The molecule has 1 atom stereocenters. The monoisotopic (exact) mass is 253 g/mol. The standard InChI is InChI=1S/C15H27NO2/c1-4-6-12-15(3,14(17)18-5-2)16-13-10-8-7-9-11-13/h4,13,16H,1,5-12H2,2-3H3. The normalized spacial score (nSPS) is 20.1. The lowest BCUT2D eigenvalue weighted by Gasteiger charge is -2.34. The summed E-state index contributed by atoms with van der Waals surface area (Å²) < 4.78 is 5.21. The first-order chi connectivity index (χ1) is 8.62. The maximum Gasteiger partial charge on any atom is 0.326 e. The molecule has 0 radical (unpaired) electrons. The van der Waals surface area contributed by atoms with Crippen molar-refractivity contribution >= 4 is 5.97 Å². The summed E-state index contributed by atoms with van der Waals surface area (Å²) in [6.45, 7) is 7.99. The van der Waals surface area contributed by atoms with Gasteiger partial charge in [0.2, 0.25) is 0 Å². The topological polar surface area (TPSA) is 38.3 Å². The average Bonchev–Trinajstić information content (AvgIpc) is 2.38. The van der Waals surface area contributed by atoms with Gasteiger partial charge in [-0.25, -0.2) is 0 Å². The maximum atomic E-state index is 12.1. The molecule has 0 aromatic carbocycles. The number of ether oxygens (including phenoxy) is 1. The van der Waals surface area contributed by atoms with Gasteiger partial charge in [0.15, 0.2) is 0 Å². The predicted octanol–water partition coefficient (Wildman–Crippen LogP) is 3.20. The lowest BCUT2D eigenvalue weighted by Crippen LogP contribution is -2.55. The van der Waals surface area contributed by atoms with Crippen molar-refractivity contribution in [3.05, 3.63) is 12.7 Å². The van der Waals surface area contributed by atoms with Gasteiger partial charge in [-0.3, -0.25) is 10.1 Å². The average molecular weight is 253 g/mol. The van der Waals surface area contributed by atoms with Crippen molar-refractivity contribution in [2.75, 3.05) is 6.61 Å². The Bertz CT molecular complexity index is 272. The summed E-state index contributed by atoms with van der Waals surface area (Å²) >= 11 is 0. The molecule has 104 valence electrons. The molecule has 0 heterocycles. The Morgan fingerprint density at radius 1 is 1.44 bits per heavy atom. The van der Waals surface area contributed by atoms with Crippen LogP contribution in [0.5, 0.6) is 0 Å². The second-order valence-corrected chi connectivity index (χ2v) is 5.36. The Kier molecular flexibility index (Phi) is 6.41. The number of carbonyl (C=O) groups excluding carboxylic acids is 1. The van der Waals surface area contributed by atoms with Crippen LogP contribution in [0.25, 0.3) is 0 Å². The van der Waals surface area contributed by atoms with Crippen molar-refractivity contribution in [2.45, 2.75) is 70.4 Å². The highest BCUT2D eigenvalue weighted by Crippen LogP contribution is 2.23. The zero-order chi connectivity index (χ0) is 13.4. The Balaban J connectivity index is 2.62. The van der Waals surface area contributed by atoms with Crippen LogP contribution >= 0.6 is 0 Å². The third-order valence-corrected chi connectivity index (χ3v) is 3.70. The smallest absolute Gasteiger partial charge is 0.326 e. The van der Waals surface area contributed by atoms with Gasteiger partial charge in [-0.15, -0.1) is 6.58 Å². The molecule has 0 aromatic rings. The molecule has 1 N–H and O–H groups in total. The molecule has 0 amide bonds. The molecular formula is C15H27NO2. The molecule has 1 saturated carbocycles. The van der Waals surface area contributed by atoms with Crippen molar-refractivity contribution in [1.29, 1.82) is 0 Å². The molecule has 0 spiro atoms. The molecule has 1 aliphatic rings. The van der Waals surface area contributed by atoms with Crippen LogP contribution in [0, 0.1) is 0 Å². The molecule has 3 heteroatoms. The first-order valence-corrected chi connectivity index (χ1v) is 7.18. The van der Waals surface area contributed by atoms with Crippen molar-refractivity contribution in [3.8, 4) is 0 Å². The Labute approximate surface area is 111 Å². The minimum Gasteiger partial charge on any atom is -0.465 e. The van der Waals surface area contributed by atoms with Crippen molar-refractivity contribution in [3.63, 3.8) is 0 Å². The van der Waals surface area contributed by atoms with E-state index in [-0.39, 0.29) is 5.97 Å². The quantitative estimate of drug-likeness (QED) is 0.559. The van der Waals surface area contributed by atoms with E-state index in [9.17, 15) is 4.79 Å². The van der Waals surface area contributed by atoms with E-state index in [1.165, 1.54) is 32.1 Å². The highest BCUT2D eigenvalue weighted by atomic mass is 16.5. The Hall–Kier alpha value is -0.830. The SMILES string of the molecule is C=CCCC(C)(NC1CCCCC1)C(=O)OCC. The molecular weight excluding hydrogens is 226 g/mol. The molecule has 1 rings (SSSR count). The number of rotatable bonds is 7. The van der Waals surface area contributed by atoms with E-state index in [4.69, 9.17) is 4.74 Å². The van der Waals surface area contributed by atoms with E-state index >= 15 is 0 Å². The summed E-state index contributed by atoms with van der Waals surface area (Å²) in [5.74, 6) is -0.127. The van der Waals surface area contributed by atoms with Crippen LogP contribution in [0.1, 0.15) is 58.8 Å². The number of allylic oxidation sites excluding steroid dienone is 1. The van der Waals surface area contributed by atoms with Crippen molar-refractivity contribution < 1.29 is 9.53 Å². The summed E-state index contributed by atoms with van der Waals surface area (Å²) in [5.41, 5.74) is -0.563. The number of esters is 1. The first kappa shape index (κ1) is 15.2. The van der Waals surface area contributed by atoms with Gasteiger partial charge in [-0.05, 0) is 39.5 Å². The van der Waals surface area contributed by atoms with E-state index in [1.54, 1.807) is 0 Å². The molecule has 1 fully saturated rings. The van der Waals surface area contributed by atoms with Crippen LogP contribution in [0.4, 0.5) is 0 Å². The fraction of sp³-hybridized carbons (Fsp3) is 0.800. The fourth-order valence-electron chi connectivity index (χ4n) is 2.61. The van der Waals surface area contributed by atoms with Crippen molar-refractivity contribution in [1.82, 2.24) is 5.32 Å². The van der Waals surface area contributed by atoms with E-state index < -0.39 is 5.54 Å². The molecule has 3 nitrogen and oxygen atoms in total. The van der Waals surface area contributed by atoms with Gasteiger partial charge in [0.25, 0.3) is 0 Å². The number of carbonyl (C=O) groups is 1. The minimum atomic E-state index is -0.563. The molecule has 1 unspecified atom stereocenters. The summed E-state index contributed by atoms with van der Waals surface area (Å²) in [5, 5.41) is 3.53. The van der Waals surface area contributed by atoms with Gasteiger partial charge in [0.1, 0.15) is 5.54 Å². The Morgan fingerprint density at radius 3 is 2.67 bits per heavy atom. The van der Waals surface area contributed by atoms with Crippen LogP contribution in [-0.4, -0.2) is 24.2 Å². The Morgan fingerprint density at radius 2 is 2.11 bits per heavy atom. The van der Waals surface area contributed by atoms with E-state index in [2.05, 4.69) is 11.9 Å². The number of nitrogens with one attached hydrogen (secondary N) is 1. The van der Waals surface area contributed by atoms with E-state index in [1.807, 2.05) is 19.9 Å². The zero-order valence-electron chi connectivity index (χ0n) is 11.8. The fourth-order valence-corrected chi connectivity index (χ4v) is 2.61. The van der Waals surface area contributed by atoms with Gasteiger partial charge in [0, 0.05) is 6.04 Å². The van der Waals surface area contributed by atoms with Crippen LogP contribution in [0.3, 0.4) is 0 Å². The van der Waals surface area contributed by atoms with Gasteiger partial charge in [-0.1, -0.05) is 25.3 Å². The van der Waals surface area contributed by atoms with E-state index in [0.717, 1.165) is 12.8 Å². The van der Waals surface area contributed by atoms with E-state index in [0.29, 0.717) is 12.6 Å². The summed E-state index contributed by atoms with van der Waals surface area (Å²) in [4.78, 5) is 12.1. The second kappa shape index (κ2) is 7.57. The van der Waals surface area contributed by atoms with Crippen LogP contribution in [0.15, 0.2) is 12.7 Å². The van der Waals surface area contributed by atoms with Crippen LogP contribution in [0.2, 0.25) is 0 Å². The third-order valence-electron chi connectivity index (χ3n) is 3.70. The zero-order valence-corrected chi connectivity index (χ0v) is 11.8. The van der Waals surface area contributed by atoms with Gasteiger partial charge in [-0.2, -0.15) is 0 Å². The predicted molar refractivity (Wildman–Crippen MR) is 74.5 cm³/mol. The summed E-state index contributed by atoms with van der Waals surface area (Å²) in [6, 6.07) is 0.456. The largest absolute Gasteiger partial charge is 0.465 e.